The van der Waals surface area contributed by atoms with Crippen molar-refractivity contribution in [3.05, 3.63) is 76.7 Å². The van der Waals surface area contributed by atoms with Gasteiger partial charge in [-0.15, -0.1) is 0 Å². The van der Waals surface area contributed by atoms with Crippen LogP contribution in [0.4, 0.5) is 19.0 Å². The van der Waals surface area contributed by atoms with Gasteiger partial charge in [-0.25, -0.2) is 9.97 Å². The average molecular weight is 552 g/mol. The van der Waals surface area contributed by atoms with Gasteiger partial charge in [0.05, 0.1) is 23.4 Å². The molecule has 39 heavy (non-hydrogen) atoms. The summed E-state index contributed by atoms with van der Waals surface area (Å²) < 4.78 is 49.7. The highest BCUT2D eigenvalue weighted by Crippen LogP contribution is 2.38. The molecule has 0 aliphatic heterocycles. The smallest absolute Gasteiger partial charge is 0.416 e. The number of thioether (sulfide) groups is 1. The molecule has 12 heteroatoms. The van der Waals surface area contributed by atoms with Crippen molar-refractivity contribution < 1.29 is 27.4 Å². The lowest BCUT2D eigenvalue weighted by molar-refractivity contribution is -0.137. The third-order valence-corrected chi connectivity index (χ3v) is 6.60. The fourth-order valence-corrected chi connectivity index (χ4v) is 4.69. The number of nitrogen functional groups attached to an aromatic ring is 1. The molecule has 0 unspecified atom stereocenters. The topological polar surface area (TPSA) is 142 Å². The number of hydrogen-bond acceptors (Lipinski definition) is 9. The minimum absolute atomic E-state index is 0.0445. The van der Waals surface area contributed by atoms with Crippen LogP contribution in [0.25, 0.3) is 22.6 Å². The predicted molar refractivity (Wildman–Crippen MR) is 137 cm³/mol. The number of oxazole rings is 1. The number of aliphatic hydroxyl groups excluding tert-OH is 1. The highest BCUT2D eigenvalue weighted by molar-refractivity contribution is 7.98. The molecule has 4 aromatic rings. The Kier molecular flexibility index (Phi) is 8.10. The van der Waals surface area contributed by atoms with Crippen molar-refractivity contribution in [3.63, 3.8) is 0 Å². The summed E-state index contributed by atoms with van der Waals surface area (Å²) in [5.74, 6) is 1.30. The number of aromatic nitrogens is 2. The maximum atomic E-state index is 12.9. The maximum Gasteiger partial charge on any atom is 0.416 e. The van der Waals surface area contributed by atoms with Crippen LogP contribution >= 0.6 is 11.8 Å². The van der Waals surface area contributed by atoms with Crippen LogP contribution in [0.5, 0.6) is 5.75 Å². The number of aryl methyl sites for hydroxylation is 1. The molecule has 0 saturated carbocycles. The Balaban J connectivity index is 1.63. The average Bonchev–Trinajstić information content (AvgIpc) is 3.30. The highest BCUT2D eigenvalue weighted by atomic mass is 32.2. The number of nitrogens with zero attached hydrogens (tertiary/aromatic N) is 4. The number of aliphatic hydroxyl groups is 1. The third kappa shape index (κ3) is 5.98. The van der Waals surface area contributed by atoms with Gasteiger partial charge in [0.15, 0.2) is 0 Å². The van der Waals surface area contributed by atoms with E-state index >= 15 is 0 Å². The Morgan fingerprint density at radius 3 is 2.23 bits per heavy atom. The van der Waals surface area contributed by atoms with Gasteiger partial charge < -0.3 is 20.0 Å². The molecular weight excluding hydrogens is 531 g/mol. The fraction of sp³-hybridized carbons (Fsp3) is 0.185. The molecule has 0 atom stereocenters. The van der Waals surface area contributed by atoms with Gasteiger partial charge in [-0.1, -0.05) is 23.9 Å². The van der Waals surface area contributed by atoms with Crippen molar-refractivity contribution in [2.24, 2.45) is 0 Å². The zero-order valence-electron chi connectivity index (χ0n) is 20.4. The van der Waals surface area contributed by atoms with E-state index in [0.717, 1.165) is 23.9 Å². The van der Waals surface area contributed by atoms with Crippen molar-refractivity contribution in [3.8, 4) is 40.5 Å². The number of benzene rings is 2. The molecular formula is C27H20F3N5O3S. The normalized spacial score (nSPS) is 11.2. The Labute approximate surface area is 225 Å². The lowest BCUT2D eigenvalue weighted by Crippen LogP contribution is -2.04. The van der Waals surface area contributed by atoms with Gasteiger partial charge in [-0.3, -0.25) is 0 Å². The van der Waals surface area contributed by atoms with Crippen LogP contribution in [0.1, 0.15) is 28.1 Å². The second-order valence-corrected chi connectivity index (χ2v) is 9.10. The summed E-state index contributed by atoms with van der Waals surface area (Å²) >= 11 is 1.16. The number of nitrogens with two attached hydrogens (primary N) is 1. The van der Waals surface area contributed by atoms with Crippen LogP contribution in [-0.2, 0) is 11.9 Å². The van der Waals surface area contributed by atoms with E-state index in [-0.39, 0.29) is 46.8 Å². The molecule has 2 aromatic heterocycles. The van der Waals surface area contributed by atoms with E-state index in [1.54, 1.807) is 31.2 Å². The highest BCUT2D eigenvalue weighted by Gasteiger charge is 2.30. The number of anilines is 1. The summed E-state index contributed by atoms with van der Waals surface area (Å²) in [7, 11) is 0. The molecule has 8 nitrogen and oxygen atoms in total. The molecule has 0 aliphatic rings. The van der Waals surface area contributed by atoms with Gasteiger partial charge in [-0.05, 0) is 48.9 Å². The van der Waals surface area contributed by atoms with Gasteiger partial charge >= 0.3 is 6.18 Å². The van der Waals surface area contributed by atoms with Crippen molar-refractivity contribution in [1.29, 1.82) is 10.5 Å². The largest absolute Gasteiger partial charge is 0.491 e. The lowest BCUT2D eigenvalue weighted by atomic mass is 9.97. The Bertz CT molecular complexity index is 1570. The van der Waals surface area contributed by atoms with Crippen LogP contribution in [0, 0.1) is 29.6 Å². The summed E-state index contributed by atoms with van der Waals surface area (Å²) in [6, 6.07) is 15.3. The molecule has 0 spiro atoms. The predicted octanol–water partition coefficient (Wildman–Crippen LogP) is 5.72. The van der Waals surface area contributed by atoms with E-state index in [4.69, 9.17) is 20.0 Å². The number of halogens is 3. The number of ether oxygens (including phenoxy) is 1. The Morgan fingerprint density at radius 1 is 1.00 bits per heavy atom. The zero-order chi connectivity index (χ0) is 28.2. The number of hydrogen-bond donors (Lipinski definition) is 2. The number of nitriles is 2. The number of alkyl halides is 3. The number of rotatable bonds is 8. The molecule has 4 rings (SSSR count). The second-order valence-electron chi connectivity index (χ2n) is 8.13. The van der Waals surface area contributed by atoms with E-state index in [9.17, 15) is 23.7 Å². The first-order chi connectivity index (χ1) is 18.7. The molecule has 0 radical (unpaired) electrons. The summed E-state index contributed by atoms with van der Waals surface area (Å²) in [6.45, 7) is 1.66. The molecule has 0 saturated heterocycles. The van der Waals surface area contributed by atoms with Crippen LogP contribution < -0.4 is 10.5 Å². The van der Waals surface area contributed by atoms with Crippen molar-refractivity contribution in [2.45, 2.75) is 23.9 Å². The first-order valence-electron chi connectivity index (χ1n) is 11.4. The van der Waals surface area contributed by atoms with Gasteiger partial charge in [0.2, 0.25) is 5.89 Å². The first kappa shape index (κ1) is 27.5. The SMILES string of the molecule is Cc1oc(-c2ccc(C(F)(F)F)cc2)nc1CSc1nc(N)c(C#N)c(-c2ccc(OCCO)cc2)c1C#N. The molecule has 3 N–H and O–H groups in total. The summed E-state index contributed by atoms with van der Waals surface area (Å²) in [5.41, 5.74) is 7.29. The Hall–Kier alpha value is -4.52. The van der Waals surface area contributed by atoms with E-state index < -0.39 is 11.7 Å². The third-order valence-electron chi connectivity index (χ3n) is 5.62. The van der Waals surface area contributed by atoms with E-state index in [2.05, 4.69) is 16.0 Å². The minimum Gasteiger partial charge on any atom is -0.491 e. The molecule has 0 fully saturated rings. The molecule has 0 bridgehead atoms. The molecule has 0 aliphatic carbocycles. The summed E-state index contributed by atoms with van der Waals surface area (Å²) in [6.07, 6.45) is -4.45. The van der Waals surface area contributed by atoms with Crippen LogP contribution in [0.3, 0.4) is 0 Å². The van der Waals surface area contributed by atoms with Crippen LogP contribution in [-0.4, -0.2) is 28.3 Å². The van der Waals surface area contributed by atoms with E-state index in [1.807, 2.05) is 6.07 Å². The maximum absolute atomic E-state index is 12.9. The molecule has 2 heterocycles. The second kappa shape index (κ2) is 11.5. The quantitative estimate of drug-likeness (QED) is 0.263. The van der Waals surface area contributed by atoms with Crippen molar-refractivity contribution >= 4 is 17.6 Å². The van der Waals surface area contributed by atoms with Crippen LogP contribution in [0.15, 0.2) is 58.0 Å². The fourth-order valence-electron chi connectivity index (χ4n) is 3.70. The monoisotopic (exact) mass is 551 g/mol. The standard InChI is InChI=1S/C27H20F3N5O3S/c1-15-22(34-25(38-15)17-2-6-18(7-3-17)27(28,29)30)14-39-26-21(13-32)23(20(12-31)24(33)35-26)16-4-8-19(9-5-16)37-11-10-36/h2-9,36H,10-11,14H2,1H3,(H2,33,35). The summed E-state index contributed by atoms with van der Waals surface area (Å²) in [5, 5.41) is 29.0. The Morgan fingerprint density at radius 2 is 1.64 bits per heavy atom. The molecule has 2 aromatic carbocycles. The van der Waals surface area contributed by atoms with Gasteiger partial charge in [0, 0.05) is 16.9 Å². The molecule has 0 amide bonds. The number of pyridine rings is 1. The minimum atomic E-state index is -4.45. The van der Waals surface area contributed by atoms with Gasteiger partial charge in [0.1, 0.15) is 46.7 Å². The summed E-state index contributed by atoms with van der Waals surface area (Å²) in [4.78, 5) is 8.70. The van der Waals surface area contributed by atoms with Gasteiger partial charge in [-0.2, -0.15) is 23.7 Å². The van der Waals surface area contributed by atoms with Crippen molar-refractivity contribution in [2.75, 3.05) is 18.9 Å². The van der Waals surface area contributed by atoms with Crippen molar-refractivity contribution in [1.82, 2.24) is 9.97 Å². The molecule has 198 valence electrons. The van der Waals surface area contributed by atoms with E-state index in [1.165, 1.54) is 12.1 Å². The zero-order valence-corrected chi connectivity index (χ0v) is 21.2. The van der Waals surface area contributed by atoms with E-state index in [0.29, 0.717) is 33.9 Å². The first-order valence-corrected chi connectivity index (χ1v) is 12.4. The van der Waals surface area contributed by atoms with Crippen LogP contribution in [0.2, 0.25) is 0 Å². The van der Waals surface area contributed by atoms with Gasteiger partial charge in [0.25, 0.3) is 0 Å². The lowest BCUT2D eigenvalue weighted by Gasteiger charge is -2.13.